The van der Waals surface area contributed by atoms with Crippen LogP contribution in [0.5, 0.6) is 0 Å². The Morgan fingerprint density at radius 3 is 2.00 bits per heavy atom. The Bertz CT molecular complexity index is 412. The molecule has 0 bridgehead atoms. The SMILES string of the molecule is O=C1N=c2[nH]c(=O)[nH]c2=N1. The number of carbonyl (C=O) groups is 1. The summed E-state index contributed by atoms with van der Waals surface area (Å²) >= 11 is 0. The van der Waals surface area contributed by atoms with E-state index < -0.39 is 11.7 Å². The molecule has 0 aromatic carbocycles. The highest BCUT2D eigenvalue weighted by molar-refractivity contribution is 5.76. The molecule has 0 saturated carbocycles. The first-order chi connectivity index (χ1) is 4.75. The zero-order chi connectivity index (χ0) is 7.14. The van der Waals surface area contributed by atoms with Gasteiger partial charge in [0.2, 0.25) is 0 Å². The first kappa shape index (κ1) is 5.10. The quantitative estimate of drug-likeness (QED) is 0.437. The van der Waals surface area contributed by atoms with Crippen molar-refractivity contribution < 1.29 is 4.79 Å². The molecule has 2 N–H and O–H groups in total. The Balaban J connectivity index is 3.04. The maximum absolute atomic E-state index is 10.5. The monoisotopic (exact) mass is 138 g/mol. The van der Waals surface area contributed by atoms with E-state index >= 15 is 0 Å². The number of fused-ring (bicyclic) bond motifs is 1. The Morgan fingerprint density at radius 1 is 1.00 bits per heavy atom. The fourth-order valence-electron chi connectivity index (χ4n) is 0.743. The average Bonchev–Trinajstić information content (AvgIpc) is 2.21. The first-order valence-corrected chi connectivity index (χ1v) is 2.55. The highest BCUT2D eigenvalue weighted by Gasteiger charge is 2.05. The van der Waals surface area contributed by atoms with Crippen LogP contribution in [0.1, 0.15) is 0 Å². The summed E-state index contributed by atoms with van der Waals surface area (Å²) in [5.41, 5.74) is 0.0370. The van der Waals surface area contributed by atoms with E-state index in [4.69, 9.17) is 0 Å². The van der Waals surface area contributed by atoms with Crippen molar-refractivity contribution >= 4 is 6.03 Å². The van der Waals surface area contributed by atoms with Gasteiger partial charge in [-0.2, -0.15) is 9.98 Å². The lowest BCUT2D eigenvalue weighted by Gasteiger charge is -1.67. The van der Waals surface area contributed by atoms with Crippen molar-refractivity contribution in [2.45, 2.75) is 0 Å². The number of urea groups is 1. The summed E-state index contributed by atoms with van der Waals surface area (Å²) in [5, 5.41) is 0. The second kappa shape index (κ2) is 1.41. The Morgan fingerprint density at radius 2 is 1.50 bits per heavy atom. The van der Waals surface area contributed by atoms with E-state index in [0.29, 0.717) is 0 Å². The molecule has 6 nitrogen and oxygen atoms in total. The van der Waals surface area contributed by atoms with Crippen LogP contribution in [0.4, 0.5) is 4.79 Å². The van der Waals surface area contributed by atoms with Crippen molar-refractivity contribution in [3.05, 3.63) is 21.5 Å². The largest absolute Gasteiger partial charge is 0.371 e. The van der Waals surface area contributed by atoms with Crippen LogP contribution < -0.4 is 16.7 Å². The zero-order valence-corrected chi connectivity index (χ0v) is 4.71. The number of rotatable bonds is 0. The highest BCUT2D eigenvalue weighted by atomic mass is 16.2. The minimum atomic E-state index is -0.586. The summed E-state index contributed by atoms with van der Waals surface area (Å²) in [6, 6.07) is -0.586. The third kappa shape index (κ3) is 0.524. The molecule has 1 aliphatic heterocycles. The van der Waals surface area contributed by atoms with Gasteiger partial charge in [-0.05, 0) is 0 Å². The summed E-state index contributed by atoms with van der Waals surface area (Å²) in [7, 11) is 0. The minimum Gasteiger partial charge on any atom is -0.289 e. The van der Waals surface area contributed by atoms with Crippen LogP contribution in [0.2, 0.25) is 0 Å². The normalized spacial score (nSPS) is 14.2. The van der Waals surface area contributed by atoms with Gasteiger partial charge in [-0.15, -0.1) is 0 Å². The van der Waals surface area contributed by atoms with E-state index in [0.717, 1.165) is 0 Å². The molecule has 1 aromatic heterocycles. The van der Waals surface area contributed by atoms with Gasteiger partial charge in [-0.25, -0.2) is 9.59 Å². The lowest BCUT2D eigenvalue weighted by Crippen LogP contribution is -2.20. The zero-order valence-electron chi connectivity index (χ0n) is 4.71. The van der Waals surface area contributed by atoms with E-state index in [-0.39, 0.29) is 11.0 Å². The molecule has 1 aliphatic rings. The Kier molecular flexibility index (Phi) is 0.717. The molecule has 0 unspecified atom stereocenters. The number of imidazole rings is 1. The van der Waals surface area contributed by atoms with Gasteiger partial charge in [0.25, 0.3) is 0 Å². The number of aromatic nitrogens is 2. The molecule has 1 aromatic rings. The highest BCUT2D eigenvalue weighted by Crippen LogP contribution is 1.77. The first-order valence-electron chi connectivity index (χ1n) is 2.55. The second-order valence-electron chi connectivity index (χ2n) is 1.78. The third-order valence-corrected chi connectivity index (χ3v) is 1.10. The maximum Gasteiger partial charge on any atom is 0.371 e. The number of H-pyrrole nitrogens is 2. The Labute approximate surface area is 53.3 Å². The molecule has 10 heavy (non-hydrogen) atoms. The molecule has 2 heterocycles. The molecule has 6 heteroatoms. The molecule has 0 fully saturated rings. The molecule has 2 rings (SSSR count). The summed E-state index contributed by atoms with van der Waals surface area (Å²) in [4.78, 5) is 32.2. The van der Waals surface area contributed by atoms with Crippen LogP contribution in [0.15, 0.2) is 14.8 Å². The molecule has 0 atom stereocenters. The summed E-state index contributed by atoms with van der Waals surface area (Å²) in [5.74, 6) is 0. The van der Waals surface area contributed by atoms with Crippen LogP contribution >= 0.6 is 0 Å². The van der Waals surface area contributed by atoms with Crippen LogP contribution in [0.3, 0.4) is 0 Å². The van der Waals surface area contributed by atoms with E-state index in [1.165, 1.54) is 0 Å². The molecular formula is C4H2N4O2. The molecule has 0 saturated heterocycles. The van der Waals surface area contributed by atoms with Crippen molar-refractivity contribution in [3.63, 3.8) is 0 Å². The minimum absolute atomic E-state index is 0.218. The van der Waals surface area contributed by atoms with Crippen LogP contribution in [0, 0.1) is 0 Å². The van der Waals surface area contributed by atoms with Gasteiger partial charge in [0.1, 0.15) is 0 Å². The Hall–Kier alpha value is -1.72. The number of hydrogen-bond acceptors (Lipinski definition) is 2. The third-order valence-electron chi connectivity index (χ3n) is 1.10. The van der Waals surface area contributed by atoms with Crippen LogP contribution in [-0.2, 0) is 0 Å². The maximum atomic E-state index is 10.5. The van der Waals surface area contributed by atoms with Gasteiger partial charge in [-0.3, -0.25) is 9.97 Å². The van der Waals surface area contributed by atoms with Gasteiger partial charge < -0.3 is 0 Å². The lowest BCUT2D eigenvalue weighted by atomic mass is 10.8. The number of aromatic amines is 2. The molecular weight excluding hydrogens is 136 g/mol. The number of carbonyl (C=O) groups excluding carboxylic acids is 1. The van der Waals surface area contributed by atoms with Crippen LogP contribution in [-0.4, -0.2) is 16.0 Å². The van der Waals surface area contributed by atoms with Crippen molar-refractivity contribution in [1.29, 1.82) is 0 Å². The van der Waals surface area contributed by atoms with Gasteiger partial charge in [0.05, 0.1) is 0 Å². The van der Waals surface area contributed by atoms with Gasteiger partial charge >= 0.3 is 11.7 Å². The number of nitrogens with zero attached hydrogens (tertiary/aromatic N) is 2. The van der Waals surface area contributed by atoms with E-state index in [1.54, 1.807) is 0 Å². The standard InChI is InChI=1S/C4H2N4O2/c9-3-5-1-2(7-3)8-4(10)6-1/h(H2,5,6,7,8,9,10). The summed E-state index contributed by atoms with van der Waals surface area (Å²) < 4.78 is 0. The smallest absolute Gasteiger partial charge is 0.289 e. The average molecular weight is 138 g/mol. The van der Waals surface area contributed by atoms with Crippen LogP contribution in [0.25, 0.3) is 0 Å². The number of hydrogen-bond donors (Lipinski definition) is 2. The van der Waals surface area contributed by atoms with E-state index in [1.807, 2.05) is 0 Å². The van der Waals surface area contributed by atoms with Gasteiger partial charge in [0, 0.05) is 0 Å². The molecule has 50 valence electrons. The predicted molar refractivity (Wildman–Crippen MR) is 29.1 cm³/mol. The van der Waals surface area contributed by atoms with Gasteiger partial charge in [-0.1, -0.05) is 0 Å². The fraction of sp³-hybridized carbons (Fsp3) is 0. The van der Waals surface area contributed by atoms with Crippen molar-refractivity contribution in [2.75, 3.05) is 0 Å². The summed E-state index contributed by atoms with van der Waals surface area (Å²) in [6.45, 7) is 0. The van der Waals surface area contributed by atoms with Crippen molar-refractivity contribution in [3.8, 4) is 0 Å². The van der Waals surface area contributed by atoms with Crippen molar-refractivity contribution in [2.24, 2.45) is 9.98 Å². The molecule has 2 amide bonds. The second-order valence-corrected chi connectivity index (χ2v) is 1.78. The lowest BCUT2D eigenvalue weighted by molar-refractivity contribution is 0.256. The topological polar surface area (TPSA) is 90.4 Å². The summed E-state index contributed by atoms with van der Waals surface area (Å²) in [6.07, 6.45) is 0. The molecule has 0 spiro atoms. The number of amides is 2. The van der Waals surface area contributed by atoms with E-state index in [9.17, 15) is 9.59 Å². The molecule has 0 radical (unpaired) electrons. The fourth-order valence-corrected chi connectivity index (χ4v) is 0.743. The van der Waals surface area contributed by atoms with E-state index in [2.05, 4.69) is 20.0 Å². The van der Waals surface area contributed by atoms with Crippen molar-refractivity contribution in [1.82, 2.24) is 9.97 Å². The predicted octanol–water partition coefficient (Wildman–Crippen LogP) is -1.92. The number of nitrogens with one attached hydrogen (secondary N) is 2. The molecule has 0 aliphatic carbocycles. The van der Waals surface area contributed by atoms with Gasteiger partial charge in [0.15, 0.2) is 11.0 Å².